The van der Waals surface area contributed by atoms with Crippen molar-refractivity contribution in [3.63, 3.8) is 0 Å². The van der Waals surface area contributed by atoms with Crippen LogP contribution < -0.4 is 5.32 Å². The standard InChI is InChI=1S/C11H13F2NOS/c1-7(14-11(15)6-16-2)9-4-3-8(12)5-10(9)13/h3-5,7H,6H2,1-2H3,(H,14,15). The summed E-state index contributed by atoms with van der Waals surface area (Å²) in [5.41, 5.74) is 0.288. The van der Waals surface area contributed by atoms with E-state index in [9.17, 15) is 13.6 Å². The molecule has 1 atom stereocenters. The lowest BCUT2D eigenvalue weighted by atomic mass is 10.1. The van der Waals surface area contributed by atoms with Crippen LogP contribution in [0.3, 0.4) is 0 Å². The molecule has 1 N–H and O–H groups in total. The normalized spacial score (nSPS) is 12.2. The Balaban J connectivity index is 2.72. The average molecular weight is 245 g/mol. The van der Waals surface area contributed by atoms with Crippen LogP contribution in [0, 0.1) is 11.6 Å². The Kier molecular flexibility index (Phi) is 4.73. The highest BCUT2D eigenvalue weighted by Gasteiger charge is 2.13. The molecule has 1 amide bonds. The van der Waals surface area contributed by atoms with Gasteiger partial charge in [0.25, 0.3) is 0 Å². The Morgan fingerprint density at radius 2 is 2.19 bits per heavy atom. The summed E-state index contributed by atoms with van der Waals surface area (Å²) in [5.74, 6) is -1.10. The molecule has 0 heterocycles. The van der Waals surface area contributed by atoms with Crippen molar-refractivity contribution >= 4 is 17.7 Å². The lowest BCUT2D eigenvalue weighted by Crippen LogP contribution is -2.28. The van der Waals surface area contributed by atoms with Gasteiger partial charge in [0.05, 0.1) is 11.8 Å². The van der Waals surface area contributed by atoms with Gasteiger partial charge in [-0.2, -0.15) is 11.8 Å². The second kappa shape index (κ2) is 5.84. The summed E-state index contributed by atoms with van der Waals surface area (Å²) >= 11 is 1.39. The second-order valence-electron chi connectivity index (χ2n) is 3.39. The van der Waals surface area contributed by atoms with E-state index < -0.39 is 17.7 Å². The number of amides is 1. The number of hydrogen-bond acceptors (Lipinski definition) is 2. The van der Waals surface area contributed by atoms with Gasteiger partial charge in [0.1, 0.15) is 11.6 Å². The van der Waals surface area contributed by atoms with Crippen LogP contribution in [0.25, 0.3) is 0 Å². The van der Waals surface area contributed by atoms with Crippen molar-refractivity contribution in [3.05, 3.63) is 35.4 Å². The monoisotopic (exact) mass is 245 g/mol. The SMILES string of the molecule is CSCC(=O)NC(C)c1ccc(F)cc1F. The highest BCUT2D eigenvalue weighted by Crippen LogP contribution is 2.17. The van der Waals surface area contributed by atoms with Gasteiger partial charge in [-0.3, -0.25) is 4.79 Å². The van der Waals surface area contributed by atoms with Gasteiger partial charge in [-0.1, -0.05) is 6.07 Å². The molecule has 0 aliphatic carbocycles. The Morgan fingerprint density at radius 3 is 2.75 bits per heavy atom. The lowest BCUT2D eigenvalue weighted by molar-refractivity contribution is -0.119. The largest absolute Gasteiger partial charge is 0.349 e. The highest BCUT2D eigenvalue weighted by atomic mass is 32.2. The molecule has 0 aliphatic rings. The number of benzene rings is 1. The Labute approximate surface area is 97.4 Å². The molecule has 5 heteroatoms. The fourth-order valence-electron chi connectivity index (χ4n) is 1.34. The fraction of sp³-hybridized carbons (Fsp3) is 0.364. The van der Waals surface area contributed by atoms with Crippen LogP contribution in [0.1, 0.15) is 18.5 Å². The molecule has 0 spiro atoms. The molecule has 0 aliphatic heterocycles. The Hall–Kier alpha value is -1.10. The van der Waals surface area contributed by atoms with Crippen molar-refractivity contribution in [2.24, 2.45) is 0 Å². The van der Waals surface area contributed by atoms with Crippen LogP contribution in [0.15, 0.2) is 18.2 Å². The summed E-state index contributed by atoms with van der Waals surface area (Å²) in [6.07, 6.45) is 1.81. The third kappa shape index (κ3) is 3.48. The molecular formula is C11H13F2NOS. The van der Waals surface area contributed by atoms with Gasteiger partial charge in [-0.25, -0.2) is 8.78 Å². The predicted molar refractivity (Wildman–Crippen MR) is 61.3 cm³/mol. The van der Waals surface area contributed by atoms with E-state index in [1.165, 1.54) is 23.9 Å². The van der Waals surface area contributed by atoms with E-state index in [1.807, 2.05) is 6.26 Å². The summed E-state index contributed by atoms with van der Waals surface area (Å²) in [4.78, 5) is 11.3. The summed E-state index contributed by atoms with van der Waals surface area (Å²) in [6.45, 7) is 1.66. The van der Waals surface area contributed by atoms with Crippen LogP contribution in [0.4, 0.5) is 8.78 Å². The van der Waals surface area contributed by atoms with Crippen LogP contribution >= 0.6 is 11.8 Å². The van der Waals surface area contributed by atoms with Crippen LogP contribution in [-0.2, 0) is 4.79 Å². The molecule has 1 aromatic carbocycles. The molecule has 0 bridgehead atoms. The van der Waals surface area contributed by atoms with E-state index in [0.717, 1.165) is 6.07 Å². The summed E-state index contributed by atoms with van der Waals surface area (Å²) in [5, 5.41) is 2.64. The predicted octanol–water partition coefficient (Wildman–Crippen LogP) is 2.51. The smallest absolute Gasteiger partial charge is 0.230 e. The molecule has 88 valence electrons. The van der Waals surface area contributed by atoms with Gasteiger partial charge in [-0.05, 0) is 19.2 Å². The van der Waals surface area contributed by atoms with Gasteiger partial charge in [0.15, 0.2) is 0 Å². The number of carbonyl (C=O) groups is 1. The van der Waals surface area contributed by atoms with E-state index in [1.54, 1.807) is 6.92 Å². The zero-order valence-electron chi connectivity index (χ0n) is 9.09. The molecule has 0 saturated carbocycles. The Morgan fingerprint density at radius 1 is 1.50 bits per heavy atom. The number of thioether (sulfide) groups is 1. The number of halogens is 2. The van der Waals surface area contributed by atoms with Gasteiger partial charge in [0.2, 0.25) is 5.91 Å². The fourth-order valence-corrected chi connectivity index (χ4v) is 1.69. The Bertz CT molecular complexity index is 384. The zero-order valence-corrected chi connectivity index (χ0v) is 9.91. The maximum absolute atomic E-state index is 13.3. The van der Waals surface area contributed by atoms with Crippen molar-refractivity contribution in [1.29, 1.82) is 0 Å². The van der Waals surface area contributed by atoms with E-state index >= 15 is 0 Å². The maximum atomic E-state index is 13.3. The molecule has 0 saturated heterocycles. The number of carbonyl (C=O) groups excluding carboxylic acids is 1. The minimum Gasteiger partial charge on any atom is -0.349 e. The third-order valence-corrected chi connectivity index (χ3v) is 2.63. The first-order chi connectivity index (χ1) is 7.54. The van der Waals surface area contributed by atoms with Crippen LogP contribution in [0.2, 0.25) is 0 Å². The molecule has 16 heavy (non-hydrogen) atoms. The van der Waals surface area contributed by atoms with E-state index in [0.29, 0.717) is 5.75 Å². The minimum absolute atomic E-state index is 0.163. The van der Waals surface area contributed by atoms with Crippen molar-refractivity contribution in [2.75, 3.05) is 12.0 Å². The average Bonchev–Trinajstić information content (AvgIpc) is 2.17. The quantitative estimate of drug-likeness (QED) is 0.883. The topological polar surface area (TPSA) is 29.1 Å². The first-order valence-electron chi connectivity index (χ1n) is 4.78. The lowest BCUT2D eigenvalue weighted by Gasteiger charge is -2.14. The minimum atomic E-state index is -0.642. The van der Waals surface area contributed by atoms with Gasteiger partial charge < -0.3 is 5.32 Å². The first-order valence-corrected chi connectivity index (χ1v) is 6.17. The molecule has 1 rings (SSSR count). The van der Waals surface area contributed by atoms with Gasteiger partial charge in [0, 0.05) is 11.6 Å². The second-order valence-corrected chi connectivity index (χ2v) is 4.25. The maximum Gasteiger partial charge on any atom is 0.230 e. The molecule has 0 aromatic heterocycles. The van der Waals surface area contributed by atoms with Gasteiger partial charge in [-0.15, -0.1) is 0 Å². The van der Waals surface area contributed by atoms with Crippen LogP contribution in [-0.4, -0.2) is 17.9 Å². The van der Waals surface area contributed by atoms with Crippen molar-refractivity contribution in [1.82, 2.24) is 5.32 Å². The van der Waals surface area contributed by atoms with E-state index in [-0.39, 0.29) is 11.5 Å². The molecule has 0 fully saturated rings. The van der Waals surface area contributed by atoms with Crippen molar-refractivity contribution < 1.29 is 13.6 Å². The van der Waals surface area contributed by atoms with Gasteiger partial charge >= 0.3 is 0 Å². The summed E-state index contributed by atoms with van der Waals surface area (Å²) < 4.78 is 26.0. The summed E-state index contributed by atoms with van der Waals surface area (Å²) in [6, 6.07) is 2.87. The van der Waals surface area contributed by atoms with Crippen LogP contribution in [0.5, 0.6) is 0 Å². The number of rotatable bonds is 4. The van der Waals surface area contributed by atoms with Crippen molar-refractivity contribution in [2.45, 2.75) is 13.0 Å². The van der Waals surface area contributed by atoms with E-state index in [4.69, 9.17) is 0 Å². The zero-order chi connectivity index (χ0) is 12.1. The third-order valence-electron chi connectivity index (χ3n) is 2.08. The number of hydrogen-bond donors (Lipinski definition) is 1. The molecule has 1 aromatic rings. The van der Waals surface area contributed by atoms with Crippen molar-refractivity contribution in [3.8, 4) is 0 Å². The molecule has 0 radical (unpaired) electrons. The molecule has 2 nitrogen and oxygen atoms in total. The number of nitrogens with one attached hydrogen (secondary N) is 1. The summed E-state index contributed by atoms with van der Waals surface area (Å²) in [7, 11) is 0. The van der Waals surface area contributed by atoms with E-state index in [2.05, 4.69) is 5.32 Å². The molecular weight excluding hydrogens is 232 g/mol. The highest BCUT2D eigenvalue weighted by molar-refractivity contribution is 7.99. The molecule has 1 unspecified atom stereocenters. The first kappa shape index (κ1) is 13.0.